The molecule has 2 nitrogen and oxygen atoms in total. The first-order chi connectivity index (χ1) is 6.69. The number of aryl methyl sites for hydroxylation is 1. The minimum Gasteiger partial charge on any atom is -0.379 e. The van der Waals surface area contributed by atoms with Gasteiger partial charge in [-0.25, -0.2) is 0 Å². The summed E-state index contributed by atoms with van der Waals surface area (Å²) >= 11 is 1.74. The summed E-state index contributed by atoms with van der Waals surface area (Å²) in [6.45, 7) is 4.25. The summed E-state index contributed by atoms with van der Waals surface area (Å²) in [7, 11) is 1.74. The van der Waals surface area contributed by atoms with E-state index in [9.17, 15) is 0 Å². The molecule has 1 heterocycles. The van der Waals surface area contributed by atoms with Gasteiger partial charge < -0.3 is 10.5 Å². The first-order valence-corrected chi connectivity index (χ1v) is 5.90. The van der Waals surface area contributed by atoms with Crippen LogP contribution in [0.5, 0.6) is 0 Å². The molecule has 0 aromatic carbocycles. The van der Waals surface area contributed by atoms with E-state index in [0.717, 1.165) is 12.8 Å². The Morgan fingerprint density at radius 2 is 2.29 bits per heavy atom. The lowest BCUT2D eigenvalue weighted by atomic mass is 10.0. The fourth-order valence-corrected chi connectivity index (χ4v) is 2.33. The first-order valence-electron chi connectivity index (χ1n) is 5.02. The van der Waals surface area contributed by atoms with Gasteiger partial charge in [-0.15, -0.1) is 11.3 Å². The molecule has 2 N–H and O–H groups in total. The van der Waals surface area contributed by atoms with Gasteiger partial charge in [-0.1, -0.05) is 13.3 Å². The van der Waals surface area contributed by atoms with E-state index in [4.69, 9.17) is 10.5 Å². The normalized spacial score (nSPS) is 15.4. The lowest BCUT2D eigenvalue weighted by Crippen LogP contribution is -2.27. The van der Waals surface area contributed by atoms with Gasteiger partial charge >= 0.3 is 0 Å². The molecule has 1 aromatic heterocycles. The number of hydrogen-bond donors (Lipinski definition) is 1. The van der Waals surface area contributed by atoms with E-state index in [-0.39, 0.29) is 12.1 Å². The smallest absolute Gasteiger partial charge is 0.0764 e. The standard InChI is InChI=1S/C11H19NOS/c1-4-5-10(13-3)11(12)9-6-8(2)14-7-9/h6-7,10-11H,4-5,12H2,1-3H3. The van der Waals surface area contributed by atoms with Crippen molar-refractivity contribution in [2.45, 2.75) is 38.8 Å². The third-order valence-corrected chi connectivity index (χ3v) is 3.29. The van der Waals surface area contributed by atoms with Crippen molar-refractivity contribution in [3.63, 3.8) is 0 Å². The van der Waals surface area contributed by atoms with Crippen LogP contribution in [0.15, 0.2) is 11.4 Å². The predicted octanol–water partition coefficient (Wildman–Crippen LogP) is 2.87. The monoisotopic (exact) mass is 213 g/mol. The molecule has 0 spiro atoms. The van der Waals surface area contributed by atoms with E-state index in [1.807, 2.05) is 0 Å². The van der Waals surface area contributed by atoms with Crippen LogP contribution in [-0.2, 0) is 4.74 Å². The molecule has 0 aliphatic rings. The lowest BCUT2D eigenvalue weighted by Gasteiger charge is -2.21. The number of thiophene rings is 1. The molecule has 14 heavy (non-hydrogen) atoms. The van der Waals surface area contributed by atoms with Gasteiger partial charge in [0.1, 0.15) is 0 Å². The van der Waals surface area contributed by atoms with Crippen molar-refractivity contribution in [2.75, 3.05) is 7.11 Å². The van der Waals surface area contributed by atoms with Gasteiger partial charge in [0.2, 0.25) is 0 Å². The van der Waals surface area contributed by atoms with Crippen LogP contribution in [0, 0.1) is 6.92 Å². The zero-order valence-electron chi connectivity index (χ0n) is 9.12. The molecule has 2 atom stereocenters. The molecular weight excluding hydrogens is 194 g/mol. The molecule has 80 valence electrons. The van der Waals surface area contributed by atoms with Crippen LogP contribution < -0.4 is 5.73 Å². The number of nitrogens with two attached hydrogens (primary N) is 1. The highest BCUT2D eigenvalue weighted by Crippen LogP contribution is 2.24. The van der Waals surface area contributed by atoms with E-state index in [1.54, 1.807) is 18.4 Å². The van der Waals surface area contributed by atoms with E-state index >= 15 is 0 Å². The van der Waals surface area contributed by atoms with Crippen LogP contribution in [0.4, 0.5) is 0 Å². The summed E-state index contributed by atoms with van der Waals surface area (Å²) in [6, 6.07) is 2.17. The van der Waals surface area contributed by atoms with Crippen LogP contribution in [0.3, 0.4) is 0 Å². The molecular formula is C11H19NOS. The maximum absolute atomic E-state index is 6.13. The predicted molar refractivity (Wildman–Crippen MR) is 61.7 cm³/mol. The van der Waals surface area contributed by atoms with Gasteiger partial charge in [-0.3, -0.25) is 0 Å². The van der Waals surface area contributed by atoms with Crippen molar-refractivity contribution < 1.29 is 4.74 Å². The number of ether oxygens (including phenoxy) is 1. The Morgan fingerprint density at radius 3 is 2.71 bits per heavy atom. The van der Waals surface area contributed by atoms with Crippen molar-refractivity contribution in [3.05, 3.63) is 21.9 Å². The fraction of sp³-hybridized carbons (Fsp3) is 0.636. The molecule has 1 rings (SSSR count). The van der Waals surface area contributed by atoms with E-state index in [1.165, 1.54) is 10.4 Å². The summed E-state index contributed by atoms with van der Waals surface area (Å²) < 4.78 is 5.40. The lowest BCUT2D eigenvalue weighted by molar-refractivity contribution is 0.0726. The van der Waals surface area contributed by atoms with Gasteiger partial charge in [0.15, 0.2) is 0 Å². The highest BCUT2D eigenvalue weighted by Gasteiger charge is 2.18. The Morgan fingerprint density at radius 1 is 1.57 bits per heavy atom. The van der Waals surface area contributed by atoms with Crippen LogP contribution in [-0.4, -0.2) is 13.2 Å². The molecule has 3 heteroatoms. The van der Waals surface area contributed by atoms with Crippen molar-refractivity contribution in [1.29, 1.82) is 0 Å². The molecule has 0 radical (unpaired) electrons. The van der Waals surface area contributed by atoms with Gasteiger partial charge in [-0.05, 0) is 30.4 Å². The zero-order valence-corrected chi connectivity index (χ0v) is 9.93. The topological polar surface area (TPSA) is 35.2 Å². The van der Waals surface area contributed by atoms with E-state index in [2.05, 4.69) is 25.3 Å². The summed E-state index contributed by atoms with van der Waals surface area (Å²) in [5.41, 5.74) is 7.33. The molecule has 0 aliphatic carbocycles. The Kier molecular flexibility index (Phi) is 4.58. The summed E-state index contributed by atoms with van der Waals surface area (Å²) in [6.07, 6.45) is 2.27. The molecule has 0 amide bonds. The average Bonchev–Trinajstić information content (AvgIpc) is 2.60. The van der Waals surface area contributed by atoms with Crippen molar-refractivity contribution >= 4 is 11.3 Å². The Hall–Kier alpha value is -0.380. The summed E-state index contributed by atoms with van der Waals surface area (Å²) in [5, 5.41) is 2.13. The molecule has 1 aromatic rings. The van der Waals surface area contributed by atoms with E-state index < -0.39 is 0 Å². The molecule has 0 saturated heterocycles. The minimum atomic E-state index is 0.0184. The Bertz CT molecular complexity index is 272. The van der Waals surface area contributed by atoms with Crippen LogP contribution in [0.25, 0.3) is 0 Å². The Labute approximate surface area is 90.1 Å². The second kappa shape index (κ2) is 5.49. The second-order valence-electron chi connectivity index (χ2n) is 3.58. The summed E-state index contributed by atoms with van der Waals surface area (Å²) in [5.74, 6) is 0. The Balaban J connectivity index is 2.66. The summed E-state index contributed by atoms with van der Waals surface area (Å²) in [4.78, 5) is 1.31. The number of rotatable bonds is 5. The van der Waals surface area contributed by atoms with Gasteiger partial charge in [-0.2, -0.15) is 0 Å². The fourth-order valence-electron chi connectivity index (χ4n) is 1.58. The third kappa shape index (κ3) is 2.80. The average molecular weight is 213 g/mol. The van der Waals surface area contributed by atoms with Crippen molar-refractivity contribution in [1.82, 2.24) is 0 Å². The SMILES string of the molecule is CCCC(OC)C(N)c1csc(C)c1. The highest BCUT2D eigenvalue weighted by molar-refractivity contribution is 7.10. The van der Waals surface area contributed by atoms with Gasteiger partial charge in [0.05, 0.1) is 12.1 Å². The quantitative estimate of drug-likeness (QED) is 0.816. The second-order valence-corrected chi connectivity index (χ2v) is 4.69. The molecule has 0 aliphatic heterocycles. The van der Waals surface area contributed by atoms with Crippen LogP contribution in [0.2, 0.25) is 0 Å². The number of methoxy groups -OCH3 is 1. The first kappa shape index (κ1) is 11.7. The zero-order chi connectivity index (χ0) is 10.6. The largest absolute Gasteiger partial charge is 0.379 e. The number of hydrogen-bond acceptors (Lipinski definition) is 3. The highest BCUT2D eigenvalue weighted by atomic mass is 32.1. The maximum atomic E-state index is 6.13. The maximum Gasteiger partial charge on any atom is 0.0764 e. The van der Waals surface area contributed by atoms with Crippen molar-refractivity contribution in [3.8, 4) is 0 Å². The molecule has 0 saturated carbocycles. The van der Waals surface area contributed by atoms with Crippen LogP contribution in [0.1, 0.15) is 36.2 Å². The third-order valence-electron chi connectivity index (χ3n) is 2.41. The van der Waals surface area contributed by atoms with Gasteiger partial charge in [0, 0.05) is 12.0 Å². The molecule has 0 bridgehead atoms. The molecule has 2 unspecified atom stereocenters. The van der Waals surface area contributed by atoms with E-state index in [0.29, 0.717) is 0 Å². The van der Waals surface area contributed by atoms with Crippen molar-refractivity contribution in [2.24, 2.45) is 5.73 Å². The minimum absolute atomic E-state index is 0.0184. The molecule has 0 fully saturated rings. The van der Waals surface area contributed by atoms with Gasteiger partial charge in [0.25, 0.3) is 0 Å². The van der Waals surface area contributed by atoms with Crippen LogP contribution >= 0.6 is 11.3 Å².